The Morgan fingerprint density at radius 1 is 0.857 bits per heavy atom. The van der Waals surface area contributed by atoms with Gasteiger partial charge in [-0.2, -0.15) is 0 Å². The number of ether oxygens (including phenoxy) is 1. The lowest BCUT2D eigenvalue weighted by atomic mass is 9.97. The molecule has 21 heavy (non-hydrogen) atoms. The van der Waals surface area contributed by atoms with E-state index in [1.807, 2.05) is 7.11 Å². The lowest BCUT2D eigenvalue weighted by molar-refractivity contribution is 0.148. The first-order valence-corrected chi connectivity index (χ1v) is 9.46. The molecule has 0 aromatic rings. The van der Waals surface area contributed by atoms with E-state index < -0.39 is 0 Å². The van der Waals surface area contributed by atoms with E-state index in [1.54, 1.807) is 0 Å². The van der Waals surface area contributed by atoms with E-state index in [0.29, 0.717) is 12.0 Å². The second kappa shape index (κ2) is 16.3. The summed E-state index contributed by atoms with van der Waals surface area (Å²) >= 11 is 0. The molecule has 2 atom stereocenters. The van der Waals surface area contributed by atoms with Gasteiger partial charge in [-0.15, -0.1) is 0 Å². The Morgan fingerprint density at radius 3 is 2.05 bits per heavy atom. The fourth-order valence-corrected chi connectivity index (χ4v) is 3.01. The van der Waals surface area contributed by atoms with Crippen LogP contribution in [-0.2, 0) is 4.74 Å². The number of rotatable bonds is 16. The third-order valence-electron chi connectivity index (χ3n) is 4.23. The highest BCUT2D eigenvalue weighted by Crippen LogP contribution is 2.15. The lowest BCUT2D eigenvalue weighted by Gasteiger charge is -2.22. The molecule has 2 heteroatoms. The summed E-state index contributed by atoms with van der Waals surface area (Å²) in [4.78, 5) is 0. The number of unbranched alkanes of at least 4 members (excludes halogenated alkanes) is 7. The Labute approximate surface area is 134 Å². The fraction of sp³-hybridized carbons (Fsp3) is 1.00. The second-order valence-corrected chi connectivity index (χ2v) is 6.71. The van der Waals surface area contributed by atoms with Crippen LogP contribution >= 0.6 is 0 Å². The molecule has 0 aliphatic carbocycles. The number of nitrogens with one attached hydrogen (secondary N) is 1. The minimum absolute atomic E-state index is 0.665. The molecule has 0 radical (unpaired) electrons. The van der Waals surface area contributed by atoms with Crippen molar-refractivity contribution in [2.75, 3.05) is 20.3 Å². The van der Waals surface area contributed by atoms with Crippen molar-refractivity contribution in [1.82, 2.24) is 5.32 Å². The van der Waals surface area contributed by atoms with Crippen molar-refractivity contribution >= 4 is 0 Å². The third-order valence-corrected chi connectivity index (χ3v) is 4.23. The molecule has 0 bridgehead atoms. The van der Waals surface area contributed by atoms with Gasteiger partial charge < -0.3 is 10.1 Å². The largest absolute Gasteiger partial charge is 0.384 e. The van der Waals surface area contributed by atoms with Crippen LogP contribution in [0.5, 0.6) is 0 Å². The maximum atomic E-state index is 5.27. The zero-order valence-corrected chi connectivity index (χ0v) is 15.3. The zero-order chi connectivity index (χ0) is 15.8. The van der Waals surface area contributed by atoms with E-state index in [2.05, 4.69) is 26.1 Å². The van der Waals surface area contributed by atoms with Crippen LogP contribution in [0.3, 0.4) is 0 Å². The lowest BCUT2D eigenvalue weighted by Crippen LogP contribution is -2.32. The molecule has 2 nitrogen and oxygen atoms in total. The number of hydrogen-bond donors (Lipinski definition) is 1. The number of methoxy groups -OCH3 is 1. The second-order valence-electron chi connectivity index (χ2n) is 6.71. The predicted octanol–water partition coefficient (Wildman–Crippen LogP) is 5.56. The Balaban J connectivity index is 3.65. The molecule has 1 N–H and O–H groups in total. The zero-order valence-electron chi connectivity index (χ0n) is 15.3. The van der Waals surface area contributed by atoms with Crippen molar-refractivity contribution in [2.45, 2.75) is 97.4 Å². The summed E-state index contributed by atoms with van der Waals surface area (Å²) in [5.41, 5.74) is 0. The van der Waals surface area contributed by atoms with Gasteiger partial charge in [0, 0.05) is 19.8 Å². The van der Waals surface area contributed by atoms with Gasteiger partial charge in [0.2, 0.25) is 0 Å². The monoisotopic (exact) mass is 299 g/mol. The van der Waals surface area contributed by atoms with Crippen LogP contribution in [0.1, 0.15) is 91.4 Å². The quantitative estimate of drug-likeness (QED) is 0.377. The highest BCUT2D eigenvalue weighted by Gasteiger charge is 2.12. The van der Waals surface area contributed by atoms with Crippen LogP contribution in [0.15, 0.2) is 0 Å². The first-order valence-electron chi connectivity index (χ1n) is 9.46. The maximum absolute atomic E-state index is 5.27. The molecule has 0 saturated heterocycles. The minimum Gasteiger partial charge on any atom is -0.384 e. The molecule has 0 amide bonds. The van der Waals surface area contributed by atoms with E-state index in [-0.39, 0.29) is 0 Å². The SMILES string of the molecule is CCCCCCCCCCC(CC(C)COC)NCCC. The molecule has 2 unspecified atom stereocenters. The third kappa shape index (κ3) is 14.6. The Bertz CT molecular complexity index is 196. The molecule has 0 aliphatic rings. The van der Waals surface area contributed by atoms with Crippen LogP contribution in [0, 0.1) is 5.92 Å². The van der Waals surface area contributed by atoms with E-state index in [1.165, 1.54) is 70.6 Å². The van der Waals surface area contributed by atoms with Crippen molar-refractivity contribution in [2.24, 2.45) is 5.92 Å². The van der Waals surface area contributed by atoms with Crippen molar-refractivity contribution in [1.29, 1.82) is 0 Å². The van der Waals surface area contributed by atoms with E-state index in [0.717, 1.165) is 13.2 Å². The Morgan fingerprint density at radius 2 is 1.48 bits per heavy atom. The molecule has 0 rings (SSSR count). The van der Waals surface area contributed by atoms with Crippen molar-refractivity contribution in [3.05, 3.63) is 0 Å². The molecule has 0 aliphatic heterocycles. The molecule has 0 spiro atoms. The summed E-state index contributed by atoms with van der Waals surface area (Å²) in [5.74, 6) is 0.665. The highest BCUT2D eigenvalue weighted by atomic mass is 16.5. The molecular formula is C19H41NO. The highest BCUT2D eigenvalue weighted by molar-refractivity contribution is 4.70. The molecule has 0 fully saturated rings. The van der Waals surface area contributed by atoms with Gasteiger partial charge in [-0.1, -0.05) is 72.1 Å². The van der Waals surface area contributed by atoms with Crippen molar-refractivity contribution in [3.63, 3.8) is 0 Å². The summed E-state index contributed by atoms with van der Waals surface area (Å²) in [6.45, 7) is 8.88. The number of hydrogen-bond acceptors (Lipinski definition) is 2. The van der Waals surface area contributed by atoms with Crippen molar-refractivity contribution in [3.8, 4) is 0 Å². The van der Waals surface area contributed by atoms with Crippen LogP contribution in [0.4, 0.5) is 0 Å². The normalized spacial score (nSPS) is 14.3. The molecule has 0 heterocycles. The van der Waals surface area contributed by atoms with Crippen LogP contribution in [0.2, 0.25) is 0 Å². The van der Waals surface area contributed by atoms with Gasteiger partial charge in [-0.3, -0.25) is 0 Å². The van der Waals surface area contributed by atoms with E-state index in [9.17, 15) is 0 Å². The van der Waals surface area contributed by atoms with Gasteiger partial charge in [-0.25, -0.2) is 0 Å². The van der Waals surface area contributed by atoms with Crippen LogP contribution < -0.4 is 5.32 Å². The van der Waals surface area contributed by atoms with Gasteiger partial charge in [0.25, 0.3) is 0 Å². The molecule has 0 saturated carbocycles. The average molecular weight is 300 g/mol. The summed E-state index contributed by atoms with van der Waals surface area (Å²) in [5, 5.41) is 3.72. The molecule has 0 aromatic heterocycles. The molecule has 0 aromatic carbocycles. The van der Waals surface area contributed by atoms with Crippen molar-refractivity contribution < 1.29 is 4.74 Å². The van der Waals surface area contributed by atoms with Crippen LogP contribution in [-0.4, -0.2) is 26.3 Å². The first kappa shape index (κ1) is 20.9. The van der Waals surface area contributed by atoms with Gasteiger partial charge in [0.05, 0.1) is 0 Å². The Kier molecular flexibility index (Phi) is 16.2. The van der Waals surface area contributed by atoms with E-state index in [4.69, 9.17) is 4.74 Å². The smallest absolute Gasteiger partial charge is 0.0488 e. The predicted molar refractivity (Wildman–Crippen MR) is 95.0 cm³/mol. The summed E-state index contributed by atoms with van der Waals surface area (Å²) < 4.78 is 5.27. The van der Waals surface area contributed by atoms with Crippen LogP contribution in [0.25, 0.3) is 0 Å². The maximum Gasteiger partial charge on any atom is 0.0488 e. The standard InChI is InChI=1S/C19H41NO/c1-5-7-8-9-10-11-12-13-14-19(20-15-6-2)16-18(3)17-21-4/h18-20H,5-17H2,1-4H3. The summed E-state index contributed by atoms with van der Waals surface area (Å²) in [6, 6.07) is 0.690. The fourth-order valence-electron chi connectivity index (χ4n) is 3.01. The first-order chi connectivity index (χ1) is 10.2. The molecular weight excluding hydrogens is 258 g/mol. The average Bonchev–Trinajstić information content (AvgIpc) is 2.47. The van der Waals surface area contributed by atoms with E-state index >= 15 is 0 Å². The summed E-state index contributed by atoms with van der Waals surface area (Å²) in [6.07, 6.45) is 15.1. The Hall–Kier alpha value is -0.0800. The minimum atomic E-state index is 0.665. The van der Waals surface area contributed by atoms with Gasteiger partial charge in [-0.05, 0) is 31.7 Å². The van der Waals surface area contributed by atoms with Gasteiger partial charge in [0.15, 0.2) is 0 Å². The topological polar surface area (TPSA) is 21.3 Å². The van der Waals surface area contributed by atoms with Gasteiger partial charge in [0.1, 0.15) is 0 Å². The summed E-state index contributed by atoms with van der Waals surface area (Å²) in [7, 11) is 1.81. The molecule has 128 valence electrons. The van der Waals surface area contributed by atoms with Gasteiger partial charge >= 0.3 is 0 Å².